The first-order valence-electron chi connectivity index (χ1n) is 9.59. The van der Waals surface area contributed by atoms with Crippen LogP contribution in [0.2, 0.25) is 0 Å². The first-order valence-corrected chi connectivity index (χ1v) is 10.00. The lowest BCUT2D eigenvalue weighted by Gasteiger charge is -2.29. The van der Waals surface area contributed by atoms with Crippen LogP contribution in [0.15, 0.2) is 67.0 Å². The fourth-order valence-corrected chi connectivity index (χ4v) is 4.15. The van der Waals surface area contributed by atoms with Gasteiger partial charge in [-0.2, -0.15) is 0 Å². The van der Waals surface area contributed by atoms with Crippen molar-refractivity contribution in [1.29, 1.82) is 0 Å². The summed E-state index contributed by atoms with van der Waals surface area (Å²) in [6, 6.07) is 16.4. The third kappa shape index (κ3) is 4.02. The maximum absolute atomic E-state index is 13.4. The zero-order valence-corrected chi connectivity index (χ0v) is 17.0. The number of hydrogen-bond acceptors (Lipinski definition) is 3. The number of pyridine rings is 1. The summed E-state index contributed by atoms with van der Waals surface area (Å²) in [7, 11) is 1.70. The first kappa shape index (κ1) is 19.5. The molecule has 1 aliphatic rings. The number of benzene rings is 1. The molecule has 0 saturated carbocycles. The highest BCUT2D eigenvalue weighted by molar-refractivity contribution is 7.80. The Morgan fingerprint density at radius 3 is 2.69 bits per heavy atom. The maximum atomic E-state index is 13.4. The minimum Gasteiger partial charge on any atom is -0.385 e. The van der Waals surface area contributed by atoms with Crippen LogP contribution < -0.4 is 5.32 Å². The van der Waals surface area contributed by atoms with E-state index < -0.39 is 0 Å². The molecular weight excluding hydrogens is 387 g/mol. The monoisotopic (exact) mass is 410 g/mol. The number of rotatable bonds is 7. The zero-order valence-electron chi connectivity index (χ0n) is 16.2. The summed E-state index contributed by atoms with van der Waals surface area (Å²) in [4.78, 5) is 6.77. The number of thiocarbonyl (C=S) groups is 1. The molecule has 1 fully saturated rings. The Bertz CT molecular complexity index is 960. The van der Waals surface area contributed by atoms with Crippen LogP contribution in [0, 0.1) is 5.82 Å². The molecule has 5 nitrogen and oxygen atoms in total. The molecule has 1 N–H and O–H groups in total. The molecule has 29 heavy (non-hydrogen) atoms. The Morgan fingerprint density at radius 1 is 1.14 bits per heavy atom. The van der Waals surface area contributed by atoms with Crippen LogP contribution in [0.25, 0.3) is 5.69 Å². The number of aromatic nitrogens is 2. The topological polar surface area (TPSA) is 42.3 Å². The van der Waals surface area contributed by atoms with Crippen LogP contribution in [-0.2, 0) is 4.74 Å². The van der Waals surface area contributed by atoms with Gasteiger partial charge in [0.1, 0.15) is 5.82 Å². The van der Waals surface area contributed by atoms with Crippen LogP contribution in [0.4, 0.5) is 4.39 Å². The van der Waals surface area contributed by atoms with Crippen LogP contribution in [0.1, 0.15) is 29.9 Å². The number of methoxy groups -OCH3 is 1. The Labute approximate surface area is 175 Å². The molecule has 0 spiro atoms. The summed E-state index contributed by atoms with van der Waals surface area (Å²) in [6.45, 7) is 1.43. The van der Waals surface area contributed by atoms with Crippen molar-refractivity contribution in [2.75, 3.05) is 20.3 Å². The smallest absolute Gasteiger partial charge is 0.170 e. The zero-order chi connectivity index (χ0) is 20.2. The van der Waals surface area contributed by atoms with E-state index in [0.717, 1.165) is 30.0 Å². The molecule has 3 aromatic rings. The summed E-state index contributed by atoms with van der Waals surface area (Å²) < 4.78 is 20.8. The van der Waals surface area contributed by atoms with Crippen molar-refractivity contribution in [1.82, 2.24) is 19.8 Å². The third-order valence-corrected chi connectivity index (χ3v) is 5.49. The van der Waals surface area contributed by atoms with Gasteiger partial charge in [-0.3, -0.25) is 4.98 Å². The molecule has 0 radical (unpaired) electrons. The van der Waals surface area contributed by atoms with E-state index in [2.05, 4.69) is 25.8 Å². The molecule has 1 aliphatic heterocycles. The molecular formula is C22H23FN4OS. The minimum atomic E-state index is -0.251. The first-order chi connectivity index (χ1) is 14.2. The summed E-state index contributed by atoms with van der Waals surface area (Å²) in [6.07, 6.45) is 4.65. The molecule has 0 bridgehead atoms. The lowest BCUT2D eigenvalue weighted by Crippen LogP contribution is -2.32. The highest BCUT2D eigenvalue weighted by atomic mass is 32.1. The Morgan fingerprint density at radius 2 is 1.97 bits per heavy atom. The van der Waals surface area contributed by atoms with Crippen molar-refractivity contribution in [2.24, 2.45) is 0 Å². The van der Waals surface area contributed by atoms with Crippen LogP contribution >= 0.6 is 12.2 Å². The van der Waals surface area contributed by atoms with Gasteiger partial charge < -0.3 is 19.5 Å². The normalized spacial score (nSPS) is 18.8. The quantitative estimate of drug-likeness (QED) is 0.471. The molecule has 2 atom stereocenters. The lowest BCUT2D eigenvalue weighted by atomic mass is 10.0. The molecule has 0 aliphatic carbocycles. The van der Waals surface area contributed by atoms with Gasteiger partial charge in [0.2, 0.25) is 0 Å². The SMILES string of the molecule is COCCCN1C(=S)N[C@@H](c2ccccn2)[C@H]1c1cccn1-c1ccc(F)cc1. The van der Waals surface area contributed by atoms with Crippen LogP contribution in [0.3, 0.4) is 0 Å². The average molecular weight is 411 g/mol. The predicted octanol–water partition coefficient (Wildman–Crippen LogP) is 4.02. The van der Waals surface area contributed by atoms with Crippen molar-refractivity contribution in [3.05, 3.63) is 84.2 Å². The summed E-state index contributed by atoms with van der Waals surface area (Å²) in [5, 5.41) is 4.16. The second-order valence-electron chi connectivity index (χ2n) is 6.95. The van der Waals surface area contributed by atoms with E-state index in [0.29, 0.717) is 11.7 Å². The van der Waals surface area contributed by atoms with E-state index in [4.69, 9.17) is 17.0 Å². The van der Waals surface area contributed by atoms with Gasteiger partial charge in [-0.25, -0.2) is 4.39 Å². The van der Waals surface area contributed by atoms with Gasteiger partial charge in [0, 0.05) is 44.0 Å². The standard InChI is InChI=1S/C22H23FN4OS/c1-28-15-5-14-27-21(20(25-22(27)29)18-6-2-3-12-24-18)19-7-4-13-26(19)17-10-8-16(23)9-11-17/h2-4,6-13,20-21H,5,14-15H2,1H3,(H,25,29)/t20-,21+/m0/s1. The Balaban J connectivity index is 1.75. The lowest BCUT2D eigenvalue weighted by molar-refractivity contribution is 0.180. The predicted molar refractivity (Wildman–Crippen MR) is 114 cm³/mol. The van der Waals surface area contributed by atoms with E-state index in [-0.39, 0.29) is 17.9 Å². The van der Waals surface area contributed by atoms with E-state index in [9.17, 15) is 4.39 Å². The molecule has 0 amide bonds. The number of nitrogens with zero attached hydrogens (tertiary/aromatic N) is 3. The fourth-order valence-electron chi connectivity index (χ4n) is 3.82. The fraction of sp³-hybridized carbons (Fsp3) is 0.273. The summed E-state index contributed by atoms with van der Waals surface area (Å²) in [5.41, 5.74) is 2.90. The van der Waals surface area contributed by atoms with Crippen molar-refractivity contribution < 1.29 is 9.13 Å². The molecule has 0 unspecified atom stereocenters. The van der Waals surface area contributed by atoms with E-state index in [1.54, 1.807) is 25.4 Å². The van der Waals surface area contributed by atoms with E-state index in [1.165, 1.54) is 12.1 Å². The largest absolute Gasteiger partial charge is 0.385 e. The summed E-state index contributed by atoms with van der Waals surface area (Å²) in [5.74, 6) is -0.251. The highest BCUT2D eigenvalue weighted by Crippen LogP contribution is 2.39. The van der Waals surface area contributed by atoms with Crippen molar-refractivity contribution in [3.8, 4) is 5.69 Å². The Hall–Kier alpha value is -2.77. The van der Waals surface area contributed by atoms with E-state index in [1.807, 2.05) is 30.5 Å². The minimum absolute atomic E-state index is 0.0469. The molecule has 7 heteroatoms. The summed E-state index contributed by atoms with van der Waals surface area (Å²) >= 11 is 5.68. The van der Waals surface area contributed by atoms with E-state index >= 15 is 0 Å². The van der Waals surface area contributed by atoms with Gasteiger partial charge in [-0.05, 0) is 67.2 Å². The second-order valence-corrected chi connectivity index (χ2v) is 7.33. The average Bonchev–Trinajstić information content (AvgIpc) is 3.34. The van der Waals surface area contributed by atoms with Gasteiger partial charge in [-0.1, -0.05) is 6.07 Å². The van der Waals surface area contributed by atoms with Gasteiger partial charge in [0.15, 0.2) is 5.11 Å². The maximum Gasteiger partial charge on any atom is 0.170 e. The molecule has 1 saturated heterocycles. The van der Waals surface area contributed by atoms with Gasteiger partial charge in [0.25, 0.3) is 0 Å². The molecule has 4 rings (SSSR count). The molecule has 3 heterocycles. The number of ether oxygens (including phenoxy) is 1. The van der Waals surface area contributed by atoms with Gasteiger partial charge >= 0.3 is 0 Å². The van der Waals surface area contributed by atoms with Crippen LogP contribution in [-0.4, -0.2) is 39.8 Å². The highest BCUT2D eigenvalue weighted by Gasteiger charge is 2.40. The van der Waals surface area contributed by atoms with Crippen molar-refractivity contribution in [2.45, 2.75) is 18.5 Å². The number of halogens is 1. The third-order valence-electron chi connectivity index (χ3n) is 5.13. The molecule has 1 aromatic carbocycles. The van der Waals surface area contributed by atoms with Crippen LogP contribution in [0.5, 0.6) is 0 Å². The van der Waals surface area contributed by atoms with Gasteiger partial charge in [-0.15, -0.1) is 0 Å². The van der Waals surface area contributed by atoms with Crippen molar-refractivity contribution in [3.63, 3.8) is 0 Å². The molecule has 150 valence electrons. The Kier molecular flexibility index (Phi) is 5.87. The van der Waals surface area contributed by atoms with Crippen molar-refractivity contribution >= 4 is 17.3 Å². The molecule has 2 aromatic heterocycles. The van der Waals surface area contributed by atoms with Gasteiger partial charge in [0.05, 0.1) is 17.8 Å². The second kappa shape index (κ2) is 8.71. The number of nitrogens with one attached hydrogen (secondary N) is 1. The number of hydrogen-bond donors (Lipinski definition) is 1.